The highest BCUT2D eigenvalue weighted by Gasteiger charge is 2.26. The molecule has 4 heterocycles. The van der Waals surface area contributed by atoms with Crippen molar-refractivity contribution in [3.8, 4) is 11.4 Å². The zero-order valence-electron chi connectivity index (χ0n) is 21.2. The first-order chi connectivity index (χ1) is 19.9. The molecule has 40 heavy (non-hydrogen) atoms. The largest absolute Gasteiger partial charge is 0.307 e. The first-order valence-corrected chi connectivity index (χ1v) is 13.2. The molecule has 4 aromatic heterocycles. The first-order valence-electron chi connectivity index (χ1n) is 13.2. The average molecular weight is 513 g/mol. The second-order valence-corrected chi connectivity index (χ2v) is 9.94. The van der Waals surface area contributed by atoms with E-state index in [1.54, 1.807) is 24.8 Å². The van der Waals surface area contributed by atoms with Gasteiger partial charge in [-0.3, -0.25) is 19.9 Å². The van der Waals surface area contributed by atoms with Gasteiger partial charge in [-0.15, -0.1) is 0 Å². The lowest BCUT2D eigenvalue weighted by molar-refractivity contribution is 1.15. The van der Waals surface area contributed by atoms with Crippen molar-refractivity contribution in [2.24, 2.45) is 0 Å². The highest BCUT2D eigenvalue weighted by molar-refractivity contribution is 6.35. The van der Waals surface area contributed by atoms with E-state index in [2.05, 4.69) is 105 Å². The molecule has 0 saturated carbocycles. The Labute approximate surface area is 227 Å². The van der Waals surface area contributed by atoms with Crippen LogP contribution in [0.2, 0.25) is 0 Å². The van der Waals surface area contributed by atoms with Gasteiger partial charge < -0.3 is 9.13 Å². The van der Waals surface area contributed by atoms with Crippen LogP contribution in [0, 0.1) is 0 Å². The molecule has 0 aliphatic heterocycles. The number of nitrogens with zero attached hydrogens (tertiary/aromatic N) is 6. The van der Waals surface area contributed by atoms with Crippen molar-refractivity contribution in [1.29, 1.82) is 0 Å². The molecule has 0 amide bonds. The molecule has 0 aliphatic rings. The third-order valence-corrected chi connectivity index (χ3v) is 7.88. The second kappa shape index (κ2) is 7.94. The van der Waals surface area contributed by atoms with Crippen molar-refractivity contribution in [3.63, 3.8) is 0 Å². The predicted molar refractivity (Wildman–Crippen MR) is 161 cm³/mol. The molecule has 0 aliphatic carbocycles. The van der Waals surface area contributed by atoms with Crippen LogP contribution in [0.25, 0.3) is 77.1 Å². The van der Waals surface area contributed by atoms with Gasteiger partial charge >= 0.3 is 0 Å². The standard InChI is InChI=1S/C34H20N6/c1-2-9-21(10-3-1)39-25-14-6-4-11-22(25)28-31-32(38-20-19-37-31)29-23-12-5-7-15-26(23)40(34(29)33(28)39)27-16-8-13-24-30(27)36-18-17-35-24/h1-20H. The minimum Gasteiger partial charge on any atom is -0.307 e. The van der Waals surface area contributed by atoms with Gasteiger partial charge in [-0.25, -0.2) is 0 Å². The Morgan fingerprint density at radius 3 is 1.68 bits per heavy atom. The lowest BCUT2D eigenvalue weighted by Gasteiger charge is -2.14. The van der Waals surface area contributed by atoms with Crippen LogP contribution in [-0.2, 0) is 0 Å². The fourth-order valence-electron chi connectivity index (χ4n) is 6.36. The summed E-state index contributed by atoms with van der Waals surface area (Å²) >= 11 is 0. The zero-order valence-corrected chi connectivity index (χ0v) is 21.2. The minimum absolute atomic E-state index is 0.849. The van der Waals surface area contributed by atoms with Crippen LogP contribution in [0.3, 0.4) is 0 Å². The highest BCUT2D eigenvalue weighted by Crippen LogP contribution is 2.45. The Hall–Kier alpha value is -5.62. The lowest BCUT2D eigenvalue weighted by Crippen LogP contribution is -2.01. The summed E-state index contributed by atoms with van der Waals surface area (Å²) in [7, 11) is 0. The normalized spacial score (nSPS) is 12.0. The summed E-state index contributed by atoms with van der Waals surface area (Å²) < 4.78 is 4.71. The van der Waals surface area contributed by atoms with E-state index < -0.39 is 0 Å². The van der Waals surface area contributed by atoms with E-state index in [1.165, 1.54) is 0 Å². The van der Waals surface area contributed by atoms with Crippen LogP contribution in [-0.4, -0.2) is 29.1 Å². The third kappa shape index (κ3) is 2.71. The number of aromatic nitrogens is 6. The van der Waals surface area contributed by atoms with Gasteiger partial charge in [0, 0.05) is 52.0 Å². The molecule has 6 heteroatoms. The summed E-state index contributed by atoms with van der Waals surface area (Å²) in [6.45, 7) is 0. The fraction of sp³-hybridized carbons (Fsp3) is 0. The predicted octanol–water partition coefficient (Wildman–Crippen LogP) is 7.77. The molecule has 186 valence electrons. The van der Waals surface area contributed by atoms with E-state index in [1.807, 2.05) is 6.07 Å². The van der Waals surface area contributed by atoms with Gasteiger partial charge in [-0.2, -0.15) is 0 Å². The Morgan fingerprint density at radius 2 is 0.975 bits per heavy atom. The number of rotatable bonds is 2. The first kappa shape index (κ1) is 21.3. The summed E-state index contributed by atoms with van der Waals surface area (Å²) in [6.07, 6.45) is 7.09. The molecule has 0 unspecified atom stereocenters. The topological polar surface area (TPSA) is 61.4 Å². The molecule has 9 aromatic rings. The maximum atomic E-state index is 4.95. The van der Waals surface area contributed by atoms with Crippen LogP contribution < -0.4 is 0 Å². The van der Waals surface area contributed by atoms with E-state index in [4.69, 9.17) is 15.0 Å². The molecule has 0 saturated heterocycles. The van der Waals surface area contributed by atoms with E-state index in [-0.39, 0.29) is 0 Å². The number of para-hydroxylation sites is 4. The van der Waals surface area contributed by atoms with Gasteiger partial charge in [0.05, 0.1) is 44.3 Å². The minimum atomic E-state index is 0.849. The average Bonchev–Trinajstić information content (AvgIpc) is 3.55. The molecule has 6 nitrogen and oxygen atoms in total. The highest BCUT2D eigenvalue weighted by atomic mass is 15.1. The number of hydrogen-bond donors (Lipinski definition) is 0. The molecule has 0 atom stereocenters. The molecule has 9 rings (SSSR count). The number of hydrogen-bond acceptors (Lipinski definition) is 4. The van der Waals surface area contributed by atoms with Crippen LogP contribution in [0.4, 0.5) is 0 Å². The third-order valence-electron chi connectivity index (χ3n) is 7.88. The van der Waals surface area contributed by atoms with Gasteiger partial charge in [0.15, 0.2) is 0 Å². The monoisotopic (exact) mass is 512 g/mol. The molecule has 0 radical (unpaired) electrons. The Kier molecular flexibility index (Phi) is 4.24. The van der Waals surface area contributed by atoms with Gasteiger partial charge in [0.25, 0.3) is 0 Å². The maximum absolute atomic E-state index is 4.95. The van der Waals surface area contributed by atoms with E-state index in [0.29, 0.717) is 0 Å². The summed E-state index contributed by atoms with van der Waals surface area (Å²) in [5.74, 6) is 0. The van der Waals surface area contributed by atoms with Gasteiger partial charge in [0.1, 0.15) is 5.52 Å². The summed E-state index contributed by atoms with van der Waals surface area (Å²) in [4.78, 5) is 19.3. The smallest absolute Gasteiger partial charge is 0.113 e. The number of fused-ring (bicyclic) bond motifs is 11. The summed E-state index contributed by atoms with van der Waals surface area (Å²) in [5.41, 5.74) is 9.93. The van der Waals surface area contributed by atoms with Crippen molar-refractivity contribution < 1.29 is 0 Å². The molecule has 0 spiro atoms. The summed E-state index contributed by atoms with van der Waals surface area (Å²) in [5, 5.41) is 4.43. The fourth-order valence-corrected chi connectivity index (χ4v) is 6.36. The molecule has 5 aromatic carbocycles. The van der Waals surface area contributed by atoms with Crippen molar-refractivity contribution in [1.82, 2.24) is 29.1 Å². The van der Waals surface area contributed by atoms with E-state index in [0.717, 1.165) is 77.1 Å². The quantitative estimate of drug-likeness (QED) is 0.237. The number of benzene rings is 5. The second-order valence-electron chi connectivity index (χ2n) is 9.94. The van der Waals surface area contributed by atoms with E-state index in [9.17, 15) is 0 Å². The van der Waals surface area contributed by atoms with Crippen LogP contribution in [0.15, 0.2) is 122 Å². The van der Waals surface area contributed by atoms with Gasteiger partial charge in [0.2, 0.25) is 0 Å². The molecular formula is C34H20N6. The van der Waals surface area contributed by atoms with Crippen LogP contribution in [0.1, 0.15) is 0 Å². The Balaban J connectivity index is 1.67. The van der Waals surface area contributed by atoms with Crippen LogP contribution >= 0.6 is 0 Å². The Bertz CT molecular complexity index is 2430. The van der Waals surface area contributed by atoms with Crippen molar-refractivity contribution in [3.05, 3.63) is 122 Å². The molecular weight excluding hydrogens is 492 g/mol. The molecule has 0 N–H and O–H groups in total. The van der Waals surface area contributed by atoms with Crippen molar-refractivity contribution >= 4 is 65.7 Å². The lowest BCUT2D eigenvalue weighted by atomic mass is 10.1. The molecule has 0 bridgehead atoms. The van der Waals surface area contributed by atoms with Crippen molar-refractivity contribution in [2.75, 3.05) is 0 Å². The van der Waals surface area contributed by atoms with E-state index >= 15 is 0 Å². The Morgan fingerprint density at radius 1 is 0.425 bits per heavy atom. The van der Waals surface area contributed by atoms with Gasteiger partial charge in [-0.1, -0.05) is 60.7 Å². The molecule has 0 fully saturated rings. The van der Waals surface area contributed by atoms with Crippen LogP contribution in [0.5, 0.6) is 0 Å². The van der Waals surface area contributed by atoms with Crippen molar-refractivity contribution in [2.45, 2.75) is 0 Å². The SMILES string of the molecule is c1ccc(-n2c3ccccc3c3c4nccnc4c4c5ccccc5n(-c5cccc6nccnc56)c4c32)cc1. The summed E-state index contributed by atoms with van der Waals surface area (Å²) in [6, 6.07) is 33.9. The maximum Gasteiger partial charge on any atom is 0.113 e. The van der Waals surface area contributed by atoms with Gasteiger partial charge in [-0.05, 0) is 36.4 Å². The zero-order chi connectivity index (χ0) is 26.2.